The number of esters is 1. The number of carbonyl (C=O) groups excluding carboxylic acids is 2. The normalized spacial score (nSPS) is 19.7. The zero-order chi connectivity index (χ0) is 22.8. The van der Waals surface area contributed by atoms with Crippen molar-refractivity contribution in [3.8, 4) is 0 Å². The standard InChI is InChI=1S/C25H27N3O5/c1-2-31-25(30)17-9-11-27(12-10-17)16-24(29)28-20(22-8-5-13-32-22)15-19(26-28)23-14-18-6-3-4-7-21(18)33-23/h3-8,13-14,17,20H,2,9-12,15-16H2,1H3/t20-/m1/s1. The molecular weight excluding hydrogens is 422 g/mol. The van der Waals surface area contributed by atoms with Crippen LogP contribution in [0.25, 0.3) is 11.0 Å². The molecule has 1 amide bonds. The summed E-state index contributed by atoms with van der Waals surface area (Å²) in [5.41, 5.74) is 1.51. The van der Waals surface area contributed by atoms with Gasteiger partial charge in [0, 0.05) is 11.8 Å². The summed E-state index contributed by atoms with van der Waals surface area (Å²) < 4.78 is 16.8. The Bertz CT molecular complexity index is 1120. The van der Waals surface area contributed by atoms with Crippen LogP contribution in [-0.4, -0.2) is 53.7 Å². The molecule has 2 aliphatic heterocycles. The number of hydrazone groups is 1. The number of benzene rings is 1. The van der Waals surface area contributed by atoms with Crippen LogP contribution in [0.3, 0.4) is 0 Å². The van der Waals surface area contributed by atoms with Crippen LogP contribution in [0.4, 0.5) is 0 Å². The predicted octanol–water partition coefficient (Wildman–Crippen LogP) is 3.98. The fourth-order valence-corrected chi connectivity index (χ4v) is 4.57. The first-order valence-electron chi connectivity index (χ1n) is 11.4. The zero-order valence-electron chi connectivity index (χ0n) is 18.6. The summed E-state index contributed by atoms with van der Waals surface area (Å²) in [6.07, 6.45) is 3.52. The molecule has 172 valence electrons. The first kappa shape index (κ1) is 21.5. The maximum atomic E-state index is 13.3. The Balaban J connectivity index is 1.31. The molecule has 5 rings (SSSR count). The first-order chi connectivity index (χ1) is 16.1. The molecule has 8 heteroatoms. The zero-order valence-corrected chi connectivity index (χ0v) is 18.6. The van der Waals surface area contributed by atoms with E-state index < -0.39 is 0 Å². The van der Waals surface area contributed by atoms with Crippen molar-refractivity contribution >= 4 is 28.6 Å². The Morgan fingerprint density at radius 1 is 1.15 bits per heavy atom. The number of furan rings is 2. The van der Waals surface area contributed by atoms with E-state index in [1.807, 2.05) is 49.4 Å². The van der Waals surface area contributed by atoms with Gasteiger partial charge in [0.25, 0.3) is 5.91 Å². The average Bonchev–Trinajstić information content (AvgIpc) is 3.58. The lowest BCUT2D eigenvalue weighted by Gasteiger charge is -2.31. The number of nitrogens with zero attached hydrogens (tertiary/aromatic N) is 3. The number of carbonyl (C=O) groups is 2. The SMILES string of the molecule is CCOC(=O)C1CCN(CC(=O)N2N=C(c3cc4ccccc4o3)C[C@@H]2c2ccco2)CC1. The fourth-order valence-electron chi connectivity index (χ4n) is 4.57. The monoisotopic (exact) mass is 449 g/mol. The van der Waals surface area contributed by atoms with Gasteiger partial charge in [-0.1, -0.05) is 18.2 Å². The Kier molecular flexibility index (Phi) is 6.00. The summed E-state index contributed by atoms with van der Waals surface area (Å²) in [5, 5.41) is 7.20. The lowest BCUT2D eigenvalue weighted by atomic mass is 9.97. The number of likely N-dealkylation sites (tertiary alicyclic amines) is 1. The summed E-state index contributed by atoms with van der Waals surface area (Å²) in [6, 6.07) is 13.1. The third-order valence-electron chi connectivity index (χ3n) is 6.31. The Labute approximate surface area is 191 Å². The van der Waals surface area contributed by atoms with Crippen molar-refractivity contribution in [2.24, 2.45) is 11.0 Å². The van der Waals surface area contributed by atoms with E-state index in [0.29, 0.717) is 50.5 Å². The van der Waals surface area contributed by atoms with E-state index in [2.05, 4.69) is 10.0 Å². The molecule has 2 aromatic heterocycles. The van der Waals surface area contributed by atoms with Crippen LogP contribution in [-0.2, 0) is 14.3 Å². The number of para-hydroxylation sites is 1. The van der Waals surface area contributed by atoms with Gasteiger partial charge in [-0.15, -0.1) is 0 Å². The maximum Gasteiger partial charge on any atom is 0.309 e. The molecule has 0 aliphatic carbocycles. The van der Waals surface area contributed by atoms with Crippen molar-refractivity contribution < 1.29 is 23.2 Å². The van der Waals surface area contributed by atoms with Crippen molar-refractivity contribution in [2.45, 2.75) is 32.2 Å². The van der Waals surface area contributed by atoms with Gasteiger partial charge in [-0.3, -0.25) is 14.5 Å². The van der Waals surface area contributed by atoms with E-state index >= 15 is 0 Å². The molecule has 0 spiro atoms. The van der Waals surface area contributed by atoms with Gasteiger partial charge >= 0.3 is 5.97 Å². The van der Waals surface area contributed by atoms with Gasteiger partial charge in [-0.2, -0.15) is 5.10 Å². The highest BCUT2D eigenvalue weighted by atomic mass is 16.5. The van der Waals surface area contributed by atoms with Gasteiger partial charge in [0.2, 0.25) is 0 Å². The molecule has 1 atom stereocenters. The Hall–Kier alpha value is -3.39. The number of hydrogen-bond acceptors (Lipinski definition) is 7. The molecule has 0 bridgehead atoms. The van der Waals surface area contributed by atoms with Gasteiger partial charge in [-0.25, -0.2) is 5.01 Å². The van der Waals surface area contributed by atoms with Gasteiger partial charge in [0.15, 0.2) is 5.76 Å². The number of ether oxygens (including phenoxy) is 1. The lowest BCUT2D eigenvalue weighted by Crippen LogP contribution is -2.43. The third-order valence-corrected chi connectivity index (χ3v) is 6.31. The third kappa shape index (κ3) is 4.43. The molecule has 0 radical (unpaired) electrons. The average molecular weight is 450 g/mol. The van der Waals surface area contributed by atoms with E-state index in [9.17, 15) is 9.59 Å². The summed E-state index contributed by atoms with van der Waals surface area (Å²) in [5.74, 6) is 1.03. The molecule has 4 heterocycles. The second-order valence-electron chi connectivity index (χ2n) is 8.47. The van der Waals surface area contributed by atoms with Gasteiger partial charge in [0.05, 0.1) is 25.3 Å². The van der Waals surface area contributed by atoms with E-state index in [4.69, 9.17) is 13.6 Å². The molecule has 0 N–H and O–H groups in total. The number of fused-ring (bicyclic) bond motifs is 1. The quantitative estimate of drug-likeness (QED) is 0.529. The minimum Gasteiger partial charge on any atom is -0.467 e. The minimum atomic E-state index is -0.312. The van der Waals surface area contributed by atoms with Gasteiger partial charge in [-0.05, 0) is 57.1 Å². The fraction of sp³-hybridized carbons (Fsp3) is 0.400. The molecule has 1 aromatic carbocycles. The van der Waals surface area contributed by atoms with E-state index in [1.54, 1.807) is 6.26 Å². The first-order valence-corrected chi connectivity index (χ1v) is 11.4. The van der Waals surface area contributed by atoms with Gasteiger partial charge < -0.3 is 13.6 Å². The van der Waals surface area contributed by atoms with Crippen LogP contribution in [0.2, 0.25) is 0 Å². The van der Waals surface area contributed by atoms with Crippen LogP contribution in [0.15, 0.2) is 62.7 Å². The van der Waals surface area contributed by atoms with Crippen molar-refractivity contribution in [1.29, 1.82) is 0 Å². The lowest BCUT2D eigenvalue weighted by molar-refractivity contribution is -0.149. The number of piperidine rings is 1. The Morgan fingerprint density at radius 3 is 2.70 bits per heavy atom. The number of hydrogen-bond donors (Lipinski definition) is 0. The molecular formula is C25H27N3O5. The van der Waals surface area contributed by atoms with Crippen LogP contribution in [0.5, 0.6) is 0 Å². The smallest absolute Gasteiger partial charge is 0.309 e. The number of rotatable bonds is 6. The van der Waals surface area contributed by atoms with Crippen LogP contribution >= 0.6 is 0 Å². The summed E-state index contributed by atoms with van der Waals surface area (Å²) in [4.78, 5) is 27.4. The van der Waals surface area contributed by atoms with Crippen LogP contribution < -0.4 is 0 Å². The van der Waals surface area contributed by atoms with Crippen molar-refractivity contribution in [3.05, 3.63) is 60.2 Å². The maximum absolute atomic E-state index is 13.3. The molecule has 0 unspecified atom stereocenters. The van der Waals surface area contributed by atoms with Crippen molar-refractivity contribution in [1.82, 2.24) is 9.91 Å². The summed E-state index contributed by atoms with van der Waals surface area (Å²) in [6.45, 7) is 3.80. The predicted molar refractivity (Wildman–Crippen MR) is 121 cm³/mol. The largest absolute Gasteiger partial charge is 0.467 e. The second kappa shape index (κ2) is 9.23. The van der Waals surface area contributed by atoms with E-state index in [1.165, 1.54) is 5.01 Å². The van der Waals surface area contributed by atoms with Crippen LogP contribution in [0, 0.1) is 5.92 Å². The Morgan fingerprint density at radius 2 is 1.97 bits per heavy atom. The minimum absolute atomic E-state index is 0.0864. The van der Waals surface area contributed by atoms with E-state index in [-0.39, 0.29) is 30.4 Å². The highest BCUT2D eigenvalue weighted by Gasteiger charge is 2.37. The van der Waals surface area contributed by atoms with Crippen molar-refractivity contribution in [3.63, 3.8) is 0 Å². The molecule has 1 fully saturated rings. The van der Waals surface area contributed by atoms with E-state index in [0.717, 1.165) is 16.7 Å². The summed E-state index contributed by atoms with van der Waals surface area (Å²) in [7, 11) is 0. The molecule has 0 saturated carbocycles. The topological polar surface area (TPSA) is 88.5 Å². The molecule has 2 aliphatic rings. The summed E-state index contributed by atoms with van der Waals surface area (Å²) >= 11 is 0. The molecule has 3 aromatic rings. The second-order valence-corrected chi connectivity index (χ2v) is 8.47. The highest BCUT2D eigenvalue weighted by molar-refractivity contribution is 6.03. The molecule has 33 heavy (non-hydrogen) atoms. The highest BCUT2D eigenvalue weighted by Crippen LogP contribution is 2.34. The van der Waals surface area contributed by atoms with Gasteiger partial charge in [0.1, 0.15) is 23.1 Å². The van der Waals surface area contributed by atoms with Crippen molar-refractivity contribution in [2.75, 3.05) is 26.2 Å². The molecule has 8 nitrogen and oxygen atoms in total. The van der Waals surface area contributed by atoms with Crippen LogP contribution in [0.1, 0.15) is 43.7 Å². The molecule has 1 saturated heterocycles. The number of amides is 1.